The maximum Gasteiger partial charge on any atom is 0.408 e. The summed E-state index contributed by atoms with van der Waals surface area (Å²) in [6.45, 7) is 6.69. The monoisotopic (exact) mass is 398 g/mol. The van der Waals surface area contributed by atoms with Crippen LogP contribution in [0.2, 0.25) is 0 Å². The number of alkyl carbamates (subject to hydrolysis) is 1. The van der Waals surface area contributed by atoms with Crippen LogP contribution in [0, 0.1) is 5.82 Å². The van der Waals surface area contributed by atoms with E-state index in [4.69, 9.17) is 4.74 Å². The normalized spacial score (nSPS) is 14.6. The lowest BCUT2D eigenvalue weighted by Gasteiger charge is -2.24. The predicted octanol–water partition coefficient (Wildman–Crippen LogP) is 4.21. The van der Waals surface area contributed by atoms with Gasteiger partial charge in [0.2, 0.25) is 0 Å². The number of hydrogen-bond acceptors (Lipinski definition) is 4. The van der Waals surface area contributed by atoms with Crippen LogP contribution in [0.1, 0.15) is 65.6 Å². The first-order valence-corrected chi connectivity index (χ1v) is 9.30. The number of ether oxygens (including phenoxy) is 1. The first kappa shape index (κ1) is 20.5. The number of carbonyl (C=O) groups is 3. The highest BCUT2D eigenvalue weighted by atomic mass is 19.1. The van der Waals surface area contributed by atoms with Crippen molar-refractivity contribution in [3.63, 3.8) is 0 Å². The van der Waals surface area contributed by atoms with Crippen LogP contribution in [0.25, 0.3) is 0 Å². The summed E-state index contributed by atoms with van der Waals surface area (Å²) in [6.07, 6.45) is -0.638. The number of amides is 3. The van der Waals surface area contributed by atoms with Crippen molar-refractivity contribution in [3.8, 4) is 0 Å². The van der Waals surface area contributed by atoms with Crippen molar-refractivity contribution >= 4 is 17.9 Å². The summed E-state index contributed by atoms with van der Waals surface area (Å²) in [4.78, 5) is 38.4. The van der Waals surface area contributed by atoms with E-state index in [2.05, 4.69) is 5.32 Å². The van der Waals surface area contributed by atoms with Gasteiger partial charge in [0, 0.05) is 5.56 Å². The number of halogens is 1. The molecule has 29 heavy (non-hydrogen) atoms. The second kappa shape index (κ2) is 7.66. The molecule has 0 bridgehead atoms. The number of nitrogens with zero attached hydrogens (tertiary/aromatic N) is 1. The lowest BCUT2D eigenvalue weighted by molar-refractivity contribution is 0.0504. The maximum atomic E-state index is 14.7. The minimum atomic E-state index is -0.672. The molecule has 3 rings (SSSR count). The molecule has 2 aromatic carbocycles. The van der Waals surface area contributed by atoms with Gasteiger partial charge in [-0.2, -0.15) is 0 Å². The van der Waals surface area contributed by atoms with Crippen molar-refractivity contribution in [2.75, 3.05) is 0 Å². The Morgan fingerprint density at radius 1 is 1.07 bits per heavy atom. The average molecular weight is 398 g/mol. The molecule has 6 nitrogen and oxygen atoms in total. The Morgan fingerprint density at radius 3 is 2.21 bits per heavy atom. The minimum absolute atomic E-state index is 0.172. The fourth-order valence-corrected chi connectivity index (χ4v) is 3.25. The summed E-state index contributed by atoms with van der Waals surface area (Å²) < 4.78 is 19.9. The van der Waals surface area contributed by atoms with E-state index in [0.29, 0.717) is 16.7 Å². The second-order valence-electron chi connectivity index (χ2n) is 7.92. The van der Waals surface area contributed by atoms with Crippen molar-refractivity contribution in [1.82, 2.24) is 10.2 Å². The molecule has 152 valence electrons. The van der Waals surface area contributed by atoms with E-state index < -0.39 is 35.4 Å². The van der Waals surface area contributed by atoms with E-state index in [-0.39, 0.29) is 12.1 Å². The van der Waals surface area contributed by atoms with Gasteiger partial charge >= 0.3 is 6.09 Å². The van der Waals surface area contributed by atoms with Crippen LogP contribution in [0.4, 0.5) is 9.18 Å². The molecule has 1 aliphatic heterocycles. The minimum Gasteiger partial charge on any atom is -0.444 e. The Balaban J connectivity index is 1.85. The lowest BCUT2D eigenvalue weighted by atomic mass is 10.0. The fraction of sp³-hybridized carbons (Fsp3) is 0.318. The molecular weight excluding hydrogens is 375 g/mol. The quantitative estimate of drug-likeness (QED) is 0.783. The lowest BCUT2D eigenvalue weighted by Crippen LogP contribution is -2.35. The van der Waals surface area contributed by atoms with Gasteiger partial charge in [-0.1, -0.05) is 24.3 Å². The van der Waals surface area contributed by atoms with Crippen molar-refractivity contribution in [1.29, 1.82) is 0 Å². The molecule has 0 radical (unpaired) electrons. The Labute approximate surface area is 168 Å². The molecule has 3 amide bonds. The Bertz CT molecular complexity index is 946. The molecule has 1 aliphatic rings. The average Bonchev–Trinajstić information content (AvgIpc) is 2.86. The highest BCUT2D eigenvalue weighted by molar-refractivity contribution is 6.21. The Morgan fingerprint density at radius 2 is 1.66 bits per heavy atom. The highest BCUT2D eigenvalue weighted by Gasteiger charge is 2.36. The predicted molar refractivity (Wildman–Crippen MR) is 105 cm³/mol. The number of benzene rings is 2. The zero-order valence-electron chi connectivity index (χ0n) is 16.8. The van der Waals surface area contributed by atoms with Crippen molar-refractivity contribution in [3.05, 3.63) is 70.5 Å². The maximum absolute atomic E-state index is 14.7. The zero-order chi connectivity index (χ0) is 21.3. The van der Waals surface area contributed by atoms with E-state index in [9.17, 15) is 18.8 Å². The van der Waals surface area contributed by atoms with Gasteiger partial charge in [0.25, 0.3) is 11.8 Å². The van der Waals surface area contributed by atoms with Crippen molar-refractivity contribution in [2.24, 2.45) is 0 Å². The van der Waals surface area contributed by atoms with Crippen LogP contribution in [0.15, 0.2) is 42.5 Å². The smallest absolute Gasteiger partial charge is 0.408 e. The molecule has 7 heteroatoms. The van der Waals surface area contributed by atoms with E-state index in [1.54, 1.807) is 58.0 Å². The first-order chi connectivity index (χ1) is 13.6. The fourth-order valence-electron chi connectivity index (χ4n) is 3.25. The van der Waals surface area contributed by atoms with Crippen molar-refractivity contribution in [2.45, 2.75) is 45.9 Å². The van der Waals surface area contributed by atoms with E-state index >= 15 is 0 Å². The van der Waals surface area contributed by atoms with Gasteiger partial charge in [-0.25, -0.2) is 9.18 Å². The number of hydrogen-bond donors (Lipinski definition) is 1. The van der Waals surface area contributed by atoms with Gasteiger partial charge in [-0.15, -0.1) is 0 Å². The third kappa shape index (κ3) is 4.29. The molecule has 1 atom stereocenters. The third-order valence-corrected chi connectivity index (χ3v) is 4.55. The summed E-state index contributed by atoms with van der Waals surface area (Å²) in [5, 5.41) is 2.67. The van der Waals surface area contributed by atoms with Crippen molar-refractivity contribution < 1.29 is 23.5 Å². The van der Waals surface area contributed by atoms with E-state index in [1.807, 2.05) is 0 Å². The molecule has 1 heterocycles. The Hall–Kier alpha value is -3.22. The molecule has 0 saturated heterocycles. The standard InChI is InChI=1S/C22H23FN2O4/c1-13(24-21(28)29-22(2,3)4)14-10-7-11-18(23)17(14)12-25-19(26)15-8-5-6-9-16(15)20(25)27/h5-11,13H,12H2,1-4H3,(H,24,28). The number of fused-ring (bicyclic) bond motifs is 1. The van der Waals surface area contributed by atoms with Crippen LogP contribution in [-0.4, -0.2) is 28.4 Å². The number of rotatable bonds is 4. The van der Waals surface area contributed by atoms with Crippen LogP contribution >= 0.6 is 0 Å². The molecule has 0 saturated carbocycles. The topological polar surface area (TPSA) is 75.7 Å². The Kier molecular flexibility index (Phi) is 5.42. The highest BCUT2D eigenvalue weighted by Crippen LogP contribution is 2.28. The summed E-state index contributed by atoms with van der Waals surface area (Å²) in [7, 11) is 0. The summed E-state index contributed by atoms with van der Waals surface area (Å²) >= 11 is 0. The van der Waals surface area contributed by atoms with Gasteiger partial charge in [0.15, 0.2) is 0 Å². The SMILES string of the molecule is CC(NC(=O)OC(C)(C)C)c1cccc(F)c1CN1C(=O)c2ccccc2C1=O. The van der Waals surface area contributed by atoms with Gasteiger partial charge < -0.3 is 10.1 Å². The molecule has 2 aromatic rings. The molecule has 0 fully saturated rings. The van der Waals surface area contributed by atoms with Gasteiger partial charge in [0.1, 0.15) is 11.4 Å². The first-order valence-electron chi connectivity index (χ1n) is 9.30. The van der Waals surface area contributed by atoms with Crippen LogP contribution < -0.4 is 5.32 Å². The number of imide groups is 1. The molecule has 0 aliphatic carbocycles. The van der Waals surface area contributed by atoms with Gasteiger partial charge in [-0.05, 0) is 51.5 Å². The molecular formula is C22H23FN2O4. The van der Waals surface area contributed by atoms with Crippen LogP contribution in [0.5, 0.6) is 0 Å². The third-order valence-electron chi connectivity index (χ3n) is 4.55. The zero-order valence-corrected chi connectivity index (χ0v) is 16.8. The summed E-state index contributed by atoms with van der Waals surface area (Å²) in [5.41, 5.74) is 0.568. The molecule has 1 unspecified atom stereocenters. The number of nitrogens with one attached hydrogen (secondary N) is 1. The van der Waals surface area contributed by atoms with E-state index in [0.717, 1.165) is 4.90 Å². The van der Waals surface area contributed by atoms with Crippen LogP contribution in [0.3, 0.4) is 0 Å². The van der Waals surface area contributed by atoms with E-state index in [1.165, 1.54) is 12.1 Å². The van der Waals surface area contributed by atoms with Crippen LogP contribution in [-0.2, 0) is 11.3 Å². The van der Waals surface area contributed by atoms with Gasteiger partial charge in [0.05, 0.1) is 23.7 Å². The number of carbonyl (C=O) groups excluding carboxylic acids is 3. The molecule has 0 spiro atoms. The summed E-state index contributed by atoms with van der Waals surface area (Å²) in [6, 6.07) is 10.3. The van der Waals surface area contributed by atoms with Gasteiger partial charge in [-0.3, -0.25) is 14.5 Å². The largest absolute Gasteiger partial charge is 0.444 e. The second-order valence-corrected chi connectivity index (χ2v) is 7.92. The molecule has 1 N–H and O–H groups in total. The summed E-state index contributed by atoms with van der Waals surface area (Å²) in [5.74, 6) is -1.49. The molecule has 0 aromatic heterocycles.